The van der Waals surface area contributed by atoms with Gasteiger partial charge in [-0.2, -0.15) is 0 Å². The van der Waals surface area contributed by atoms with E-state index in [-0.39, 0.29) is 0 Å². The van der Waals surface area contributed by atoms with Gasteiger partial charge >= 0.3 is 0 Å². The topological polar surface area (TPSA) is 30.5 Å². The molecule has 0 aromatic rings. The number of hydrogen-bond acceptors (Lipinski definition) is 3. The van der Waals surface area contributed by atoms with Crippen molar-refractivity contribution in [3.8, 4) is 0 Å². The standard InChI is InChI=1S/C18H35NO2/c1-3-5-13-20-14-9-12-19-16-15-17(21-4-2)18(16)10-7-6-8-11-18/h16-17,19H,3-15H2,1-2H3. The third kappa shape index (κ3) is 4.43. The van der Waals surface area contributed by atoms with Crippen LogP contribution in [0.1, 0.15) is 71.6 Å². The van der Waals surface area contributed by atoms with Gasteiger partial charge in [0.25, 0.3) is 0 Å². The van der Waals surface area contributed by atoms with Crippen LogP contribution in [-0.2, 0) is 9.47 Å². The highest BCUT2D eigenvalue weighted by atomic mass is 16.5. The van der Waals surface area contributed by atoms with E-state index in [4.69, 9.17) is 9.47 Å². The molecule has 124 valence electrons. The van der Waals surface area contributed by atoms with E-state index in [1.165, 1.54) is 51.4 Å². The first-order chi connectivity index (χ1) is 10.3. The number of ether oxygens (including phenoxy) is 2. The predicted molar refractivity (Wildman–Crippen MR) is 87.7 cm³/mol. The highest BCUT2D eigenvalue weighted by molar-refractivity contribution is 5.08. The molecule has 0 amide bonds. The summed E-state index contributed by atoms with van der Waals surface area (Å²) in [6, 6.07) is 0.685. The Morgan fingerprint density at radius 3 is 2.52 bits per heavy atom. The Labute approximate surface area is 131 Å². The molecule has 3 heteroatoms. The van der Waals surface area contributed by atoms with Gasteiger partial charge in [-0.15, -0.1) is 0 Å². The Morgan fingerprint density at radius 2 is 1.81 bits per heavy atom. The lowest BCUT2D eigenvalue weighted by Gasteiger charge is -2.58. The molecule has 0 radical (unpaired) electrons. The van der Waals surface area contributed by atoms with Crippen molar-refractivity contribution < 1.29 is 9.47 Å². The Bertz CT molecular complexity index is 276. The molecule has 21 heavy (non-hydrogen) atoms. The van der Waals surface area contributed by atoms with E-state index in [1.807, 2.05) is 0 Å². The number of nitrogens with one attached hydrogen (secondary N) is 1. The molecule has 2 atom stereocenters. The minimum absolute atomic E-state index is 0.456. The van der Waals surface area contributed by atoms with E-state index in [1.54, 1.807) is 0 Å². The highest BCUT2D eigenvalue weighted by Crippen LogP contribution is 2.53. The summed E-state index contributed by atoms with van der Waals surface area (Å²) in [7, 11) is 0. The molecule has 1 spiro atoms. The third-order valence-corrected chi connectivity index (χ3v) is 5.44. The highest BCUT2D eigenvalue weighted by Gasteiger charge is 2.55. The molecule has 0 aromatic carbocycles. The van der Waals surface area contributed by atoms with Crippen molar-refractivity contribution in [1.82, 2.24) is 5.32 Å². The molecule has 2 rings (SSSR count). The van der Waals surface area contributed by atoms with Crippen molar-refractivity contribution in [2.45, 2.75) is 83.8 Å². The van der Waals surface area contributed by atoms with E-state index in [9.17, 15) is 0 Å². The maximum absolute atomic E-state index is 6.01. The predicted octanol–water partition coefficient (Wildman–Crippen LogP) is 3.91. The Morgan fingerprint density at radius 1 is 1.05 bits per heavy atom. The first kappa shape index (κ1) is 17.2. The van der Waals surface area contributed by atoms with Crippen LogP contribution in [-0.4, -0.2) is 38.5 Å². The van der Waals surface area contributed by atoms with Gasteiger partial charge in [-0.25, -0.2) is 0 Å². The first-order valence-electron chi connectivity index (χ1n) is 9.26. The van der Waals surface area contributed by atoms with Gasteiger partial charge in [0.2, 0.25) is 0 Å². The Balaban J connectivity index is 1.65. The molecule has 3 nitrogen and oxygen atoms in total. The van der Waals surface area contributed by atoms with Gasteiger partial charge in [0.1, 0.15) is 0 Å². The number of rotatable bonds is 10. The average molecular weight is 297 g/mol. The summed E-state index contributed by atoms with van der Waals surface area (Å²) in [6.07, 6.45) is 12.2. The second-order valence-electron chi connectivity index (χ2n) is 6.80. The third-order valence-electron chi connectivity index (χ3n) is 5.44. The summed E-state index contributed by atoms with van der Waals surface area (Å²) in [4.78, 5) is 0. The summed E-state index contributed by atoms with van der Waals surface area (Å²) in [5, 5.41) is 3.80. The van der Waals surface area contributed by atoms with Crippen LogP contribution < -0.4 is 5.32 Å². The van der Waals surface area contributed by atoms with Crippen LogP contribution >= 0.6 is 0 Å². The molecule has 0 aromatic heterocycles. The molecular formula is C18H35NO2. The summed E-state index contributed by atoms with van der Waals surface area (Å²) >= 11 is 0. The molecule has 2 fully saturated rings. The van der Waals surface area contributed by atoms with Crippen molar-refractivity contribution in [3.05, 3.63) is 0 Å². The lowest BCUT2D eigenvalue weighted by molar-refractivity contribution is -0.150. The fourth-order valence-corrected chi connectivity index (χ4v) is 4.15. The summed E-state index contributed by atoms with van der Waals surface area (Å²) < 4.78 is 11.6. The maximum atomic E-state index is 6.01. The van der Waals surface area contributed by atoms with Crippen LogP contribution in [0.4, 0.5) is 0 Å². The molecule has 2 aliphatic rings. The molecule has 2 aliphatic carbocycles. The Kier molecular flexibility index (Phi) is 7.48. The minimum atomic E-state index is 0.456. The van der Waals surface area contributed by atoms with Gasteiger partial charge in [0.05, 0.1) is 6.10 Å². The molecule has 2 unspecified atom stereocenters. The fourth-order valence-electron chi connectivity index (χ4n) is 4.15. The van der Waals surface area contributed by atoms with E-state index >= 15 is 0 Å². The van der Waals surface area contributed by atoms with Crippen molar-refractivity contribution in [3.63, 3.8) is 0 Å². The zero-order valence-electron chi connectivity index (χ0n) is 14.2. The molecule has 0 saturated heterocycles. The van der Waals surface area contributed by atoms with Crippen molar-refractivity contribution in [1.29, 1.82) is 0 Å². The van der Waals surface area contributed by atoms with Crippen molar-refractivity contribution in [2.24, 2.45) is 5.41 Å². The van der Waals surface area contributed by atoms with Gasteiger partial charge in [-0.1, -0.05) is 32.6 Å². The molecule has 0 bridgehead atoms. The van der Waals surface area contributed by atoms with E-state index < -0.39 is 0 Å². The lowest BCUT2D eigenvalue weighted by atomic mass is 9.55. The van der Waals surface area contributed by atoms with Crippen LogP contribution in [0, 0.1) is 5.41 Å². The molecule has 0 aliphatic heterocycles. The van der Waals surface area contributed by atoms with Gasteiger partial charge < -0.3 is 14.8 Å². The molecule has 2 saturated carbocycles. The monoisotopic (exact) mass is 297 g/mol. The van der Waals surface area contributed by atoms with E-state index in [2.05, 4.69) is 19.2 Å². The van der Waals surface area contributed by atoms with Crippen LogP contribution in [0.2, 0.25) is 0 Å². The van der Waals surface area contributed by atoms with E-state index in [0.717, 1.165) is 32.8 Å². The van der Waals surface area contributed by atoms with Crippen LogP contribution in [0.5, 0.6) is 0 Å². The molecule has 1 N–H and O–H groups in total. The van der Waals surface area contributed by atoms with E-state index in [0.29, 0.717) is 17.6 Å². The smallest absolute Gasteiger partial charge is 0.0661 e. The first-order valence-corrected chi connectivity index (χ1v) is 9.26. The zero-order valence-corrected chi connectivity index (χ0v) is 14.2. The number of hydrogen-bond donors (Lipinski definition) is 1. The fraction of sp³-hybridized carbons (Fsp3) is 1.00. The maximum Gasteiger partial charge on any atom is 0.0661 e. The van der Waals surface area contributed by atoms with Crippen molar-refractivity contribution in [2.75, 3.05) is 26.4 Å². The number of unbranched alkanes of at least 4 members (excludes halogenated alkanes) is 1. The van der Waals surface area contributed by atoms with Gasteiger partial charge in [0, 0.05) is 31.3 Å². The summed E-state index contributed by atoms with van der Waals surface area (Å²) in [5.41, 5.74) is 0.456. The van der Waals surface area contributed by atoms with Crippen LogP contribution in [0.3, 0.4) is 0 Å². The second kappa shape index (κ2) is 9.12. The molecular weight excluding hydrogens is 262 g/mol. The average Bonchev–Trinajstić information content (AvgIpc) is 2.53. The normalized spacial score (nSPS) is 27.7. The SMILES string of the molecule is CCCCOCCCNC1CC(OCC)C12CCCCC2. The largest absolute Gasteiger partial charge is 0.381 e. The van der Waals surface area contributed by atoms with Crippen LogP contribution in [0.25, 0.3) is 0 Å². The summed E-state index contributed by atoms with van der Waals surface area (Å²) in [6.45, 7) is 8.13. The zero-order chi connectivity index (χ0) is 15.0. The van der Waals surface area contributed by atoms with Crippen LogP contribution in [0.15, 0.2) is 0 Å². The summed E-state index contributed by atoms with van der Waals surface area (Å²) in [5.74, 6) is 0. The lowest BCUT2D eigenvalue weighted by Crippen LogP contribution is -2.64. The minimum Gasteiger partial charge on any atom is -0.381 e. The van der Waals surface area contributed by atoms with Crippen molar-refractivity contribution >= 4 is 0 Å². The molecule has 0 heterocycles. The Hall–Kier alpha value is -0.120. The van der Waals surface area contributed by atoms with Gasteiger partial charge in [-0.05, 0) is 45.6 Å². The van der Waals surface area contributed by atoms with Gasteiger partial charge in [0.15, 0.2) is 0 Å². The quantitative estimate of drug-likeness (QED) is 0.620. The second-order valence-corrected chi connectivity index (χ2v) is 6.80. The van der Waals surface area contributed by atoms with Gasteiger partial charge in [-0.3, -0.25) is 0 Å².